The van der Waals surface area contributed by atoms with Crippen LogP contribution < -0.4 is 0 Å². The second-order valence-corrected chi connectivity index (χ2v) is 8.46. The molecule has 0 radical (unpaired) electrons. The van der Waals surface area contributed by atoms with Crippen molar-refractivity contribution in [1.29, 1.82) is 0 Å². The number of hydrogen-bond donors (Lipinski definition) is 0. The SMILES string of the molecule is CN(C1=NC2(c3cccc([N+](=O)[O-])c3)CC2CCS1)C(C)(C)C. The second-order valence-electron chi connectivity index (χ2n) is 7.39. The van der Waals surface area contributed by atoms with E-state index in [1.165, 1.54) is 0 Å². The summed E-state index contributed by atoms with van der Waals surface area (Å²) in [5.74, 6) is 1.56. The Hall–Kier alpha value is -1.56. The van der Waals surface area contributed by atoms with Gasteiger partial charge in [-0.25, -0.2) is 0 Å². The molecule has 2 atom stereocenters. The van der Waals surface area contributed by atoms with Crippen LogP contribution >= 0.6 is 11.8 Å². The summed E-state index contributed by atoms with van der Waals surface area (Å²) in [6.07, 6.45) is 2.11. The molecule has 1 heterocycles. The van der Waals surface area contributed by atoms with Crippen LogP contribution in [-0.4, -0.2) is 33.3 Å². The van der Waals surface area contributed by atoms with Gasteiger partial charge in [-0.1, -0.05) is 23.9 Å². The van der Waals surface area contributed by atoms with Crippen molar-refractivity contribution >= 4 is 22.6 Å². The average molecular weight is 333 g/mol. The molecule has 1 aliphatic carbocycles. The zero-order chi connectivity index (χ0) is 16.8. The van der Waals surface area contributed by atoms with Gasteiger partial charge in [0.1, 0.15) is 0 Å². The Morgan fingerprint density at radius 1 is 1.43 bits per heavy atom. The molecule has 124 valence electrons. The highest BCUT2D eigenvalue weighted by atomic mass is 32.2. The molecule has 6 heteroatoms. The van der Waals surface area contributed by atoms with E-state index in [1.807, 2.05) is 6.07 Å². The molecule has 23 heavy (non-hydrogen) atoms. The lowest BCUT2D eigenvalue weighted by Gasteiger charge is -2.34. The summed E-state index contributed by atoms with van der Waals surface area (Å²) in [5, 5.41) is 12.1. The molecule has 1 aromatic rings. The highest BCUT2D eigenvalue weighted by molar-refractivity contribution is 8.13. The summed E-state index contributed by atoms with van der Waals surface area (Å²) >= 11 is 1.80. The lowest BCUT2D eigenvalue weighted by Crippen LogP contribution is -2.41. The van der Waals surface area contributed by atoms with Gasteiger partial charge in [-0.3, -0.25) is 15.1 Å². The van der Waals surface area contributed by atoms with E-state index in [4.69, 9.17) is 4.99 Å². The standard InChI is InChI=1S/C17H23N3O2S/c1-16(2,3)19(4)15-18-17(11-13(17)8-9-23-15)12-6-5-7-14(10-12)20(21)22/h5-7,10,13H,8-9,11H2,1-4H3. The number of fused-ring (bicyclic) bond motifs is 1. The van der Waals surface area contributed by atoms with Gasteiger partial charge in [-0.15, -0.1) is 0 Å². The molecule has 0 bridgehead atoms. The number of nitro benzene ring substituents is 1. The molecule has 0 aromatic heterocycles. The predicted molar refractivity (Wildman–Crippen MR) is 94.9 cm³/mol. The number of amidine groups is 1. The Balaban J connectivity index is 2.00. The van der Waals surface area contributed by atoms with Gasteiger partial charge in [0.2, 0.25) is 0 Å². The van der Waals surface area contributed by atoms with Gasteiger partial charge in [-0.2, -0.15) is 0 Å². The third-order valence-corrected chi connectivity index (χ3v) is 5.98. The quantitative estimate of drug-likeness (QED) is 0.605. The van der Waals surface area contributed by atoms with Gasteiger partial charge in [0.15, 0.2) is 5.17 Å². The Morgan fingerprint density at radius 3 is 2.83 bits per heavy atom. The van der Waals surface area contributed by atoms with Crippen molar-refractivity contribution in [3.05, 3.63) is 39.9 Å². The van der Waals surface area contributed by atoms with Crippen LogP contribution in [0.5, 0.6) is 0 Å². The number of nitro groups is 1. The molecule has 3 rings (SSSR count). The fourth-order valence-corrected chi connectivity index (χ4v) is 4.34. The summed E-state index contributed by atoms with van der Waals surface area (Å²) < 4.78 is 0. The lowest BCUT2D eigenvalue weighted by atomic mass is 10.0. The van der Waals surface area contributed by atoms with Gasteiger partial charge in [-0.05, 0) is 45.1 Å². The van der Waals surface area contributed by atoms with E-state index < -0.39 is 0 Å². The largest absolute Gasteiger partial charge is 0.350 e. The first-order valence-corrected chi connectivity index (χ1v) is 8.94. The average Bonchev–Trinajstić information content (AvgIpc) is 3.19. The minimum Gasteiger partial charge on any atom is -0.350 e. The van der Waals surface area contributed by atoms with Crippen LogP contribution in [0.2, 0.25) is 0 Å². The molecular formula is C17H23N3O2S. The van der Waals surface area contributed by atoms with Crippen molar-refractivity contribution in [2.45, 2.75) is 44.7 Å². The van der Waals surface area contributed by atoms with Crippen molar-refractivity contribution in [2.24, 2.45) is 10.9 Å². The summed E-state index contributed by atoms with van der Waals surface area (Å²) in [6, 6.07) is 7.02. The van der Waals surface area contributed by atoms with E-state index in [0.717, 1.165) is 29.3 Å². The van der Waals surface area contributed by atoms with Crippen LogP contribution in [0.15, 0.2) is 29.3 Å². The minimum atomic E-state index is -0.325. The molecule has 5 nitrogen and oxygen atoms in total. The first-order valence-electron chi connectivity index (χ1n) is 7.95. The van der Waals surface area contributed by atoms with Crippen molar-refractivity contribution in [1.82, 2.24) is 4.90 Å². The van der Waals surface area contributed by atoms with Crippen LogP contribution in [0.4, 0.5) is 5.69 Å². The molecule has 0 N–H and O–H groups in total. The van der Waals surface area contributed by atoms with Crippen LogP contribution in [0.3, 0.4) is 0 Å². The fourth-order valence-electron chi connectivity index (χ4n) is 3.06. The van der Waals surface area contributed by atoms with Crippen molar-refractivity contribution < 1.29 is 4.92 Å². The predicted octanol–water partition coefficient (Wildman–Crippen LogP) is 4.03. The van der Waals surface area contributed by atoms with Crippen molar-refractivity contribution in [2.75, 3.05) is 12.8 Å². The third-order valence-electron chi connectivity index (χ3n) is 4.92. The van der Waals surface area contributed by atoms with E-state index >= 15 is 0 Å². The topological polar surface area (TPSA) is 58.7 Å². The molecule has 0 spiro atoms. The molecular weight excluding hydrogens is 310 g/mol. The van der Waals surface area contributed by atoms with Gasteiger partial charge in [0, 0.05) is 30.5 Å². The molecule has 0 amide bonds. The summed E-state index contributed by atoms with van der Waals surface area (Å²) in [5.41, 5.74) is 0.883. The molecule has 1 saturated carbocycles. The molecule has 2 unspecified atom stereocenters. The number of non-ortho nitro benzene ring substituents is 1. The van der Waals surface area contributed by atoms with E-state index in [2.05, 4.69) is 32.7 Å². The number of hydrogen-bond acceptors (Lipinski definition) is 5. The van der Waals surface area contributed by atoms with Gasteiger partial charge < -0.3 is 4.90 Å². The van der Waals surface area contributed by atoms with Crippen LogP contribution in [0.25, 0.3) is 0 Å². The zero-order valence-electron chi connectivity index (χ0n) is 14.1. The lowest BCUT2D eigenvalue weighted by molar-refractivity contribution is -0.384. The normalized spacial score (nSPS) is 26.8. The summed E-state index contributed by atoms with van der Waals surface area (Å²) in [7, 11) is 2.08. The van der Waals surface area contributed by atoms with Crippen molar-refractivity contribution in [3.8, 4) is 0 Å². The number of nitrogens with zero attached hydrogens (tertiary/aromatic N) is 3. The van der Waals surface area contributed by atoms with Crippen molar-refractivity contribution in [3.63, 3.8) is 0 Å². The number of thioether (sulfide) groups is 1. The van der Waals surface area contributed by atoms with E-state index in [9.17, 15) is 10.1 Å². The number of rotatable bonds is 2. The number of aliphatic imine (C=N–C) groups is 1. The van der Waals surface area contributed by atoms with Crippen LogP contribution in [0, 0.1) is 16.0 Å². The zero-order valence-corrected chi connectivity index (χ0v) is 14.9. The maximum Gasteiger partial charge on any atom is 0.269 e. The first-order chi connectivity index (χ1) is 10.7. The maximum atomic E-state index is 11.1. The molecule has 1 aromatic carbocycles. The monoisotopic (exact) mass is 333 g/mol. The third kappa shape index (κ3) is 2.96. The Labute approximate surface area is 141 Å². The Bertz CT molecular complexity index is 668. The second kappa shape index (κ2) is 5.51. The fraction of sp³-hybridized carbons (Fsp3) is 0.588. The number of benzene rings is 1. The highest BCUT2D eigenvalue weighted by Crippen LogP contribution is 2.59. The minimum absolute atomic E-state index is 0.00440. The summed E-state index contributed by atoms with van der Waals surface area (Å²) in [4.78, 5) is 18.1. The van der Waals surface area contributed by atoms with Gasteiger partial charge in [0.25, 0.3) is 5.69 Å². The Morgan fingerprint density at radius 2 is 2.17 bits per heavy atom. The molecule has 1 fully saturated rings. The van der Waals surface area contributed by atoms with Crippen LogP contribution in [0.1, 0.15) is 39.2 Å². The molecule has 1 aliphatic heterocycles. The van der Waals surface area contributed by atoms with Gasteiger partial charge >= 0.3 is 0 Å². The first kappa shape index (κ1) is 16.3. The molecule has 2 aliphatic rings. The van der Waals surface area contributed by atoms with E-state index in [0.29, 0.717) is 5.92 Å². The van der Waals surface area contributed by atoms with E-state index in [1.54, 1.807) is 30.0 Å². The van der Waals surface area contributed by atoms with Crippen LogP contribution in [-0.2, 0) is 5.54 Å². The summed E-state index contributed by atoms with van der Waals surface area (Å²) in [6.45, 7) is 6.52. The highest BCUT2D eigenvalue weighted by Gasteiger charge is 2.57. The van der Waals surface area contributed by atoms with E-state index in [-0.39, 0.29) is 21.7 Å². The Kier molecular flexibility index (Phi) is 3.91. The maximum absolute atomic E-state index is 11.1. The molecule has 0 saturated heterocycles. The van der Waals surface area contributed by atoms with Gasteiger partial charge in [0.05, 0.1) is 10.5 Å². The smallest absolute Gasteiger partial charge is 0.269 e.